The van der Waals surface area contributed by atoms with Crippen LogP contribution in [0.15, 0.2) is 30.7 Å². The van der Waals surface area contributed by atoms with Gasteiger partial charge in [0.25, 0.3) is 5.91 Å². The fourth-order valence-corrected chi connectivity index (χ4v) is 3.52. The van der Waals surface area contributed by atoms with Gasteiger partial charge in [-0.3, -0.25) is 9.78 Å². The standard InChI is InChI=1S/C21H12B7N5O2/c1-8-29-7-12(33(8)2)10-3-9-4-13(31-6-11(9)30-5-10)32-20(34)14-15(22)17(24)19(18(25)16(14)23)35-21(26,27)28/h3-7H,1-2H3,(H,31,32,34). The van der Waals surface area contributed by atoms with Gasteiger partial charge in [-0.1, -0.05) is 21.9 Å². The number of hydrogen-bond acceptors (Lipinski definition) is 5. The molecule has 0 bridgehead atoms. The highest BCUT2D eigenvalue weighted by Crippen LogP contribution is 2.24. The van der Waals surface area contributed by atoms with Gasteiger partial charge in [0.15, 0.2) is 0 Å². The first-order valence-corrected chi connectivity index (χ1v) is 10.2. The number of fused-ring (bicyclic) bond motifs is 1. The number of pyridine rings is 2. The molecule has 0 aliphatic carbocycles. The minimum Gasteiger partial charge on any atom is -0.517 e. The van der Waals surface area contributed by atoms with Crippen LogP contribution >= 0.6 is 0 Å². The third kappa shape index (κ3) is 4.79. The van der Waals surface area contributed by atoms with Gasteiger partial charge >= 0.3 is 0 Å². The summed E-state index contributed by atoms with van der Waals surface area (Å²) < 4.78 is 7.10. The van der Waals surface area contributed by atoms with Crippen molar-refractivity contribution in [1.82, 2.24) is 19.5 Å². The van der Waals surface area contributed by atoms with Crippen LogP contribution in [0.25, 0.3) is 22.2 Å². The van der Waals surface area contributed by atoms with E-state index in [-0.39, 0.29) is 39.0 Å². The molecular weight excluding hydrogens is 430 g/mol. The van der Waals surface area contributed by atoms with E-state index in [1.165, 1.54) is 6.20 Å². The third-order valence-electron chi connectivity index (χ3n) is 5.44. The van der Waals surface area contributed by atoms with E-state index in [1.807, 2.05) is 24.6 Å². The maximum Gasteiger partial charge on any atom is 0.255 e. The molecule has 0 saturated carbocycles. The Kier molecular flexibility index (Phi) is 6.43. The topological polar surface area (TPSA) is 81.9 Å². The Balaban J connectivity index is 1.69. The zero-order chi connectivity index (χ0) is 25.7. The summed E-state index contributed by atoms with van der Waals surface area (Å²) in [6.07, 6.45) is 5.02. The molecule has 0 aliphatic heterocycles. The number of hydrogen-bond donors (Lipinski definition) is 1. The number of carbonyl (C=O) groups is 1. The molecule has 35 heavy (non-hydrogen) atoms. The molecule has 0 unspecified atom stereocenters. The number of benzene rings is 1. The van der Waals surface area contributed by atoms with Crippen molar-refractivity contribution in [2.45, 2.75) is 12.2 Å². The van der Waals surface area contributed by atoms with Crippen LogP contribution in [0.3, 0.4) is 0 Å². The zero-order valence-corrected chi connectivity index (χ0v) is 19.0. The highest BCUT2D eigenvalue weighted by molar-refractivity contribution is 6.62. The van der Waals surface area contributed by atoms with E-state index >= 15 is 0 Å². The normalized spacial score (nSPS) is 11.5. The molecule has 14 heteroatoms. The van der Waals surface area contributed by atoms with E-state index in [9.17, 15) is 4.79 Å². The molecule has 7 nitrogen and oxygen atoms in total. The summed E-state index contributed by atoms with van der Waals surface area (Å²) in [5.41, 5.74) is 1.44. The van der Waals surface area contributed by atoms with Crippen molar-refractivity contribution in [3.05, 3.63) is 42.1 Å². The SMILES string of the molecule is [B]c1c([B])c(C(=O)Nc2cc3cc(-c4cnc(C)n4C)cnc3cn2)c([B])c([B])c1OC([B])([B])[B]. The van der Waals surface area contributed by atoms with Crippen LogP contribution < -0.4 is 31.9 Å². The van der Waals surface area contributed by atoms with Gasteiger partial charge in [0.2, 0.25) is 0 Å². The lowest BCUT2D eigenvalue weighted by Gasteiger charge is -2.29. The average Bonchev–Trinajstić information content (AvgIpc) is 3.12. The van der Waals surface area contributed by atoms with Crippen LogP contribution in [0, 0.1) is 6.92 Å². The number of ether oxygens (including phenoxy) is 1. The molecule has 4 rings (SSSR count). The summed E-state index contributed by atoms with van der Waals surface area (Å²) in [5.74, 6) is 0.173. The van der Waals surface area contributed by atoms with Crippen molar-refractivity contribution < 1.29 is 9.53 Å². The molecular formula is C21H12B7N5O2. The highest BCUT2D eigenvalue weighted by Gasteiger charge is 2.22. The Morgan fingerprint density at radius 1 is 0.943 bits per heavy atom. The van der Waals surface area contributed by atoms with E-state index in [0.717, 1.165) is 22.5 Å². The van der Waals surface area contributed by atoms with Gasteiger partial charge in [0, 0.05) is 29.8 Å². The van der Waals surface area contributed by atoms with Crippen molar-refractivity contribution in [3.8, 4) is 17.0 Å². The Hall–Kier alpha value is -3.29. The molecule has 1 aromatic carbocycles. The van der Waals surface area contributed by atoms with Crippen molar-refractivity contribution in [3.63, 3.8) is 0 Å². The molecule has 4 aromatic rings. The number of amides is 1. The fraction of sp³-hybridized carbons (Fsp3) is 0.143. The van der Waals surface area contributed by atoms with Crippen LogP contribution in [-0.4, -0.2) is 85.6 Å². The predicted octanol–water partition coefficient (Wildman–Crippen LogP) is -2.74. The average molecular weight is 442 g/mol. The summed E-state index contributed by atoms with van der Waals surface area (Å²) in [6.45, 7) is 1.91. The third-order valence-corrected chi connectivity index (χ3v) is 5.44. The number of nitrogens with zero attached hydrogens (tertiary/aromatic N) is 4. The number of carbonyl (C=O) groups excluding carboxylic acids is 1. The van der Waals surface area contributed by atoms with E-state index in [0.29, 0.717) is 5.52 Å². The highest BCUT2D eigenvalue weighted by atomic mass is 16.5. The Morgan fingerprint density at radius 2 is 1.60 bits per heavy atom. The molecule has 0 atom stereocenters. The van der Waals surface area contributed by atoms with E-state index in [4.69, 9.17) is 59.7 Å². The summed E-state index contributed by atoms with van der Waals surface area (Å²) in [4.78, 5) is 26.1. The van der Waals surface area contributed by atoms with E-state index in [2.05, 4.69) is 20.3 Å². The van der Waals surface area contributed by atoms with Gasteiger partial charge < -0.3 is 14.6 Å². The lowest BCUT2D eigenvalue weighted by molar-refractivity contribution is 0.102. The van der Waals surface area contributed by atoms with Crippen LogP contribution in [0.2, 0.25) is 0 Å². The Bertz CT molecular complexity index is 1450. The maximum absolute atomic E-state index is 13.1. The first-order chi connectivity index (χ1) is 16.4. The summed E-state index contributed by atoms with van der Waals surface area (Å²) >= 11 is 0. The number of aryl methyl sites for hydroxylation is 1. The van der Waals surface area contributed by atoms with Gasteiger partial charge in [-0.2, -0.15) is 0 Å². The fourth-order valence-electron chi connectivity index (χ4n) is 3.52. The quantitative estimate of drug-likeness (QED) is 0.340. The smallest absolute Gasteiger partial charge is 0.255 e. The summed E-state index contributed by atoms with van der Waals surface area (Å²) in [5, 5.41) is 1.29. The van der Waals surface area contributed by atoms with Gasteiger partial charge in [-0.15, -0.1) is 0 Å². The van der Waals surface area contributed by atoms with Crippen LogP contribution in [0.4, 0.5) is 5.82 Å². The Labute approximate surface area is 212 Å². The van der Waals surface area contributed by atoms with Crippen molar-refractivity contribution in [1.29, 1.82) is 0 Å². The molecule has 3 heterocycles. The van der Waals surface area contributed by atoms with Gasteiger partial charge in [-0.25, -0.2) is 9.97 Å². The van der Waals surface area contributed by atoms with Crippen molar-refractivity contribution in [2.24, 2.45) is 7.05 Å². The molecule has 0 saturated heterocycles. The predicted molar refractivity (Wildman–Crippen MR) is 143 cm³/mol. The molecule has 0 aliphatic rings. The Morgan fingerprint density at radius 3 is 2.17 bits per heavy atom. The van der Waals surface area contributed by atoms with Crippen LogP contribution in [0.1, 0.15) is 16.2 Å². The molecule has 0 spiro atoms. The van der Waals surface area contributed by atoms with Gasteiger partial charge in [0.1, 0.15) is 72.3 Å². The minimum absolute atomic E-state index is 0.164. The lowest BCUT2D eigenvalue weighted by atomic mass is 9.52. The molecule has 1 N–H and O–H groups in total. The minimum atomic E-state index is -2.10. The number of aromatic nitrogens is 4. The molecule has 14 radical (unpaired) electrons. The van der Waals surface area contributed by atoms with Gasteiger partial charge in [-0.05, 0) is 24.4 Å². The van der Waals surface area contributed by atoms with Crippen molar-refractivity contribution in [2.75, 3.05) is 5.32 Å². The van der Waals surface area contributed by atoms with Gasteiger partial charge in [0.05, 0.1) is 23.6 Å². The molecule has 0 fully saturated rings. The second-order valence-corrected chi connectivity index (χ2v) is 8.00. The largest absolute Gasteiger partial charge is 0.517 e. The second-order valence-electron chi connectivity index (χ2n) is 8.00. The number of imidazole rings is 1. The summed E-state index contributed by atoms with van der Waals surface area (Å²) in [7, 11) is 42.4. The van der Waals surface area contributed by atoms with E-state index < -0.39 is 11.2 Å². The van der Waals surface area contributed by atoms with Crippen molar-refractivity contribution >= 4 is 99.4 Å². The van der Waals surface area contributed by atoms with E-state index in [1.54, 1.807) is 18.5 Å². The molecule has 1 amide bonds. The van der Waals surface area contributed by atoms with Crippen LogP contribution in [0.5, 0.6) is 5.75 Å². The monoisotopic (exact) mass is 443 g/mol. The number of anilines is 1. The first-order valence-electron chi connectivity index (χ1n) is 10.2. The molecule has 3 aromatic heterocycles. The van der Waals surface area contributed by atoms with Crippen LogP contribution in [-0.2, 0) is 7.05 Å². The molecule has 154 valence electrons. The lowest BCUT2D eigenvalue weighted by Crippen LogP contribution is -2.51. The summed E-state index contributed by atoms with van der Waals surface area (Å²) in [6, 6.07) is 3.58. The zero-order valence-electron chi connectivity index (χ0n) is 19.0. The number of nitrogens with one attached hydrogen (secondary N) is 1. The number of rotatable bonds is 5. The maximum atomic E-state index is 13.1. The first kappa shape index (κ1) is 24.8. The second kappa shape index (κ2) is 9.06.